The van der Waals surface area contributed by atoms with Crippen molar-refractivity contribution in [1.29, 1.82) is 0 Å². The number of ether oxygens (including phenoxy) is 1. The highest BCUT2D eigenvalue weighted by Crippen LogP contribution is 2.30. The van der Waals surface area contributed by atoms with Gasteiger partial charge < -0.3 is 15.2 Å². The summed E-state index contributed by atoms with van der Waals surface area (Å²) < 4.78 is 5.43. The van der Waals surface area contributed by atoms with E-state index in [2.05, 4.69) is 5.32 Å². The van der Waals surface area contributed by atoms with Crippen LogP contribution in [-0.2, 0) is 4.74 Å². The van der Waals surface area contributed by atoms with Gasteiger partial charge in [-0.15, -0.1) is 0 Å². The normalized spacial score (nSPS) is 21.9. The molecule has 0 saturated carbocycles. The van der Waals surface area contributed by atoms with E-state index in [0.717, 1.165) is 13.0 Å². The van der Waals surface area contributed by atoms with Gasteiger partial charge in [0, 0.05) is 12.1 Å². The first-order chi connectivity index (χ1) is 9.45. The molecule has 0 aliphatic carbocycles. The first-order valence-electron chi connectivity index (χ1n) is 6.44. The first kappa shape index (κ1) is 14.3. The van der Waals surface area contributed by atoms with Gasteiger partial charge in [0.25, 0.3) is 0 Å². The third-order valence-corrected chi connectivity index (χ3v) is 3.38. The van der Waals surface area contributed by atoms with Crippen LogP contribution in [0.5, 0.6) is 0 Å². The van der Waals surface area contributed by atoms with Crippen LogP contribution in [0.3, 0.4) is 0 Å². The number of carboxylic acids is 1. The largest absolute Gasteiger partial charge is 0.478 e. The van der Waals surface area contributed by atoms with Crippen LogP contribution >= 0.6 is 0 Å². The molecule has 1 atom stereocenters. The molecule has 1 unspecified atom stereocenters. The van der Waals surface area contributed by atoms with Gasteiger partial charge in [0.05, 0.1) is 12.1 Å². The highest BCUT2D eigenvalue weighted by molar-refractivity contribution is 5.92. The number of benzene rings is 1. The third kappa shape index (κ3) is 2.91. The maximum atomic E-state index is 11.9. The first-order valence-corrected chi connectivity index (χ1v) is 6.44. The van der Waals surface area contributed by atoms with Gasteiger partial charge in [-0.3, -0.25) is 4.90 Å². The van der Waals surface area contributed by atoms with Crippen molar-refractivity contribution in [2.75, 3.05) is 25.0 Å². The molecule has 1 aromatic carbocycles. The number of anilines is 1. The van der Waals surface area contributed by atoms with Gasteiger partial charge in [-0.25, -0.2) is 9.59 Å². The topological polar surface area (TPSA) is 78.9 Å². The summed E-state index contributed by atoms with van der Waals surface area (Å²) in [5.74, 6) is -0.987. The minimum atomic E-state index is -0.987. The lowest BCUT2D eigenvalue weighted by molar-refractivity contribution is 0.0655. The lowest BCUT2D eigenvalue weighted by Gasteiger charge is -2.21. The Morgan fingerprint density at radius 1 is 1.45 bits per heavy atom. The third-order valence-electron chi connectivity index (χ3n) is 3.38. The number of carbonyl (C=O) groups is 2. The van der Waals surface area contributed by atoms with E-state index in [1.165, 1.54) is 17.0 Å². The number of nitrogens with zero attached hydrogens (tertiary/aromatic N) is 1. The van der Waals surface area contributed by atoms with E-state index < -0.39 is 17.7 Å². The Hall–Kier alpha value is -2.08. The molecule has 108 valence electrons. The molecule has 6 nitrogen and oxygen atoms in total. The minimum absolute atomic E-state index is 0.194. The molecule has 1 aromatic rings. The van der Waals surface area contributed by atoms with Gasteiger partial charge in [0.15, 0.2) is 0 Å². The predicted molar refractivity (Wildman–Crippen MR) is 74.2 cm³/mol. The molecule has 0 aromatic heterocycles. The Morgan fingerprint density at radius 3 is 2.65 bits per heavy atom. The second-order valence-electron chi connectivity index (χ2n) is 5.11. The van der Waals surface area contributed by atoms with Gasteiger partial charge in [0.2, 0.25) is 0 Å². The maximum absolute atomic E-state index is 11.9. The van der Waals surface area contributed by atoms with Crippen molar-refractivity contribution in [2.24, 2.45) is 0 Å². The molecule has 2 rings (SSSR count). The highest BCUT2D eigenvalue weighted by atomic mass is 16.6. The van der Waals surface area contributed by atoms with Gasteiger partial charge in [-0.05, 0) is 44.8 Å². The number of cyclic esters (lactones) is 1. The fourth-order valence-electron chi connectivity index (χ4n) is 2.20. The number of aromatic carboxylic acids is 1. The van der Waals surface area contributed by atoms with Gasteiger partial charge in [-0.2, -0.15) is 0 Å². The van der Waals surface area contributed by atoms with Crippen LogP contribution in [0.2, 0.25) is 0 Å². The standard InChI is InChI=1S/C14H18N2O4/c1-14(7-8-15-2)9-16(13(19)20-14)11-5-3-10(4-6-11)12(17)18/h3-6,15H,7-9H2,1-2H3,(H,17,18). The summed E-state index contributed by atoms with van der Waals surface area (Å²) in [6, 6.07) is 6.20. The lowest BCUT2D eigenvalue weighted by Crippen LogP contribution is -2.34. The number of carboxylic acid groups (broad SMARTS) is 1. The van der Waals surface area contributed by atoms with Gasteiger partial charge in [-0.1, -0.05) is 0 Å². The molecular formula is C14H18N2O4. The SMILES string of the molecule is CNCCC1(C)CN(c2ccc(C(=O)O)cc2)C(=O)O1. The van der Waals surface area contributed by atoms with Gasteiger partial charge >= 0.3 is 12.1 Å². The number of amides is 1. The van der Waals surface area contributed by atoms with Crippen LogP contribution < -0.4 is 10.2 Å². The van der Waals surface area contributed by atoms with E-state index in [4.69, 9.17) is 9.84 Å². The second kappa shape index (κ2) is 5.50. The number of nitrogens with one attached hydrogen (secondary N) is 1. The van der Waals surface area contributed by atoms with E-state index in [-0.39, 0.29) is 5.56 Å². The second-order valence-corrected chi connectivity index (χ2v) is 5.11. The van der Waals surface area contributed by atoms with E-state index in [1.807, 2.05) is 14.0 Å². The molecule has 0 spiro atoms. The smallest absolute Gasteiger partial charge is 0.415 e. The van der Waals surface area contributed by atoms with Crippen molar-refractivity contribution >= 4 is 17.7 Å². The van der Waals surface area contributed by atoms with Gasteiger partial charge in [0.1, 0.15) is 5.60 Å². The van der Waals surface area contributed by atoms with Crippen molar-refractivity contribution in [3.05, 3.63) is 29.8 Å². The summed E-state index contributed by atoms with van der Waals surface area (Å²) in [6.07, 6.45) is 0.325. The van der Waals surface area contributed by atoms with Crippen LogP contribution in [0.1, 0.15) is 23.7 Å². The zero-order chi connectivity index (χ0) is 14.8. The number of rotatable bonds is 5. The quantitative estimate of drug-likeness (QED) is 0.857. The summed E-state index contributed by atoms with van der Waals surface area (Å²) in [7, 11) is 1.85. The fraction of sp³-hybridized carbons (Fsp3) is 0.429. The molecule has 0 radical (unpaired) electrons. The van der Waals surface area contributed by atoms with Crippen molar-refractivity contribution in [1.82, 2.24) is 5.32 Å². The van der Waals surface area contributed by atoms with E-state index >= 15 is 0 Å². The Morgan fingerprint density at radius 2 is 2.10 bits per heavy atom. The minimum Gasteiger partial charge on any atom is -0.478 e. The Balaban J connectivity index is 2.13. The van der Waals surface area contributed by atoms with Crippen LogP contribution in [0.15, 0.2) is 24.3 Å². The summed E-state index contributed by atoms with van der Waals surface area (Å²) in [4.78, 5) is 24.3. The molecular weight excluding hydrogens is 260 g/mol. The Labute approximate surface area is 117 Å². The number of hydrogen-bond donors (Lipinski definition) is 2. The zero-order valence-corrected chi connectivity index (χ0v) is 11.5. The molecule has 20 heavy (non-hydrogen) atoms. The molecule has 1 amide bonds. The Bertz CT molecular complexity index is 514. The molecule has 1 saturated heterocycles. The molecule has 1 aliphatic heterocycles. The molecule has 6 heteroatoms. The predicted octanol–water partition coefficient (Wildman–Crippen LogP) is 1.71. The lowest BCUT2D eigenvalue weighted by atomic mass is 10.0. The summed E-state index contributed by atoms with van der Waals surface area (Å²) in [5.41, 5.74) is 0.318. The number of carbonyl (C=O) groups excluding carboxylic acids is 1. The highest BCUT2D eigenvalue weighted by Gasteiger charge is 2.41. The molecule has 1 heterocycles. The molecule has 1 aliphatic rings. The van der Waals surface area contributed by atoms with E-state index in [1.54, 1.807) is 12.1 Å². The van der Waals surface area contributed by atoms with Crippen molar-refractivity contribution in [3.8, 4) is 0 Å². The Kier molecular flexibility index (Phi) is 3.94. The number of hydrogen-bond acceptors (Lipinski definition) is 4. The molecule has 1 fully saturated rings. The van der Waals surface area contributed by atoms with Crippen molar-refractivity contribution < 1.29 is 19.4 Å². The van der Waals surface area contributed by atoms with Crippen LogP contribution in [0, 0.1) is 0 Å². The monoisotopic (exact) mass is 278 g/mol. The van der Waals surface area contributed by atoms with E-state index in [9.17, 15) is 9.59 Å². The van der Waals surface area contributed by atoms with Crippen LogP contribution in [-0.4, -0.2) is 42.9 Å². The van der Waals surface area contributed by atoms with Crippen molar-refractivity contribution in [3.63, 3.8) is 0 Å². The van der Waals surface area contributed by atoms with Crippen LogP contribution in [0.25, 0.3) is 0 Å². The van der Waals surface area contributed by atoms with Crippen molar-refractivity contribution in [2.45, 2.75) is 18.9 Å². The summed E-state index contributed by atoms with van der Waals surface area (Å²) >= 11 is 0. The maximum Gasteiger partial charge on any atom is 0.415 e. The average Bonchev–Trinajstić information content (AvgIpc) is 2.72. The van der Waals surface area contributed by atoms with Crippen LogP contribution in [0.4, 0.5) is 10.5 Å². The van der Waals surface area contributed by atoms with E-state index in [0.29, 0.717) is 12.2 Å². The average molecular weight is 278 g/mol. The molecule has 2 N–H and O–H groups in total. The summed E-state index contributed by atoms with van der Waals surface area (Å²) in [5, 5.41) is 11.9. The fourth-order valence-corrected chi connectivity index (χ4v) is 2.20. The zero-order valence-electron chi connectivity index (χ0n) is 11.5. The summed E-state index contributed by atoms with van der Waals surface area (Å²) in [6.45, 7) is 3.11. The molecule has 0 bridgehead atoms.